The molecule has 14 heteroatoms. The summed E-state index contributed by atoms with van der Waals surface area (Å²) in [6.45, 7) is -0.0988. The van der Waals surface area contributed by atoms with Gasteiger partial charge in [-0.15, -0.1) is 0 Å². The number of aliphatic carboxylic acids is 1. The predicted octanol–water partition coefficient (Wildman–Crippen LogP) is 4.64. The first-order valence-electron chi connectivity index (χ1n) is 15.4. The first kappa shape index (κ1) is 33.3. The van der Waals surface area contributed by atoms with Gasteiger partial charge < -0.3 is 34.5 Å². The zero-order valence-electron chi connectivity index (χ0n) is 26.7. The first-order valence-corrected chi connectivity index (χ1v) is 15.4. The van der Waals surface area contributed by atoms with Crippen LogP contribution in [0, 0.1) is 6.08 Å². The molecule has 0 spiro atoms. The Labute approximate surface area is 280 Å². The Bertz CT molecular complexity index is 1870. The first-order chi connectivity index (χ1) is 23.7. The van der Waals surface area contributed by atoms with Crippen LogP contribution >= 0.6 is 0 Å². The van der Waals surface area contributed by atoms with Crippen LogP contribution < -0.4 is 15.2 Å². The van der Waals surface area contributed by atoms with Gasteiger partial charge >= 0.3 is 18.0 Å². The number of methoxy groups -OCH3 is 2. The largest absolute Gasteiger partial charge is 0.497 e. The number of carboxylic acid groups (broad SMARTS) is 1. The van der Waals surface area contributed by atoms with Crippen LogP contribution in [0.2, 0.25) is 0 Å². The van der Waals surface area contributed by atoms with Crippen LogP contribution in [-0.4, -0.2) is 69.6 Å². The lowest BCUT2D eigenvalue weighted by Crippen LogP contribution is -2.39. The molecule has 0 radical (unpaired) electrons. The normalized spacial score (nSPS) is 17.6. The molecule has 254 valence electrons. The van der Waals surface area contributed by atoms with E-state index in [4.69, 9.17) is 34.5 Å². The number of esters is 1. The summed E-state index contributed by atoms with van der Waals surface area (Å²) in [6.07, 6.45) is -2.83. The number of nitrogen functional groups attached to an aromatic ring is 1. The van der Waals surface area contributed by atoms with Crippen molar-refractivity contribution in [1.29, 1.82) is 0 Å². The van der Waals surface area contributed by atoms with Gasteiger partial charge in [0.15, 0.2) is 17.0 Å². The fraction of sp³-hybridized carbons (Fsp3) is 0.286. The number of nitrogens with two attached hydrogens (primary N) is 1. The van der Waals surface area contributed by atoms with Crippen LogP contribution in [0.5, 0.6) is 11.5 Å². The molecule has 49 heavy (non-hydrogen) atoms. The molecule has 1 fully saturated rings. The summed E-state index contributed by atoms with van der Waals surface area (Å²) < 4.78 is 45.8. The third-order valence-corrected chi connectivity index (χ3v) is 8.38. The second kappa shape index (κ2) is 14.3. The van der Waals surface area contributed by atoms with Crippen molar-refractivity contribution in [3.05, 3.63) is 108 Å². The van der Waals surface area contributed by atoms with E-state index in [0.717, 1.165) is 16.7 Å². The maximum Gasteiger partial charge on any atom is 0.312 e. The number of ether oxygens (including phenoxy) is 5. The SMILES string of the molecule is COc1ccc(C(OC[C@H]2O[C@@H](n3cnc4c(N)nc(F)nc43)CC2OC(=O)CCC(=O)O)(c2ccccc2)c2ccc(OC)cc2)cc1. The lowest BCUT2D eigenvalue weighted by molar-refractivity contribution is -0.157. The summed E-state index contributed by atoms with van der Waals surface area (Å²) in [5, 5.41) is 9.12. The van der Waals surface area contributed by atoms with Gasteiger partial charge in [0.25, 0.3) is 0 Å². The van der Waals surface area contributed by atoms with E-state index in [1.54, 1.807) is 14.2 Å². The van der Waals surface area contributed by atoms with Crippen molar-refractivity contribution in [2.24, 2.45) is 0 Å². The van der Waals surface area contributed by atoms with Crippen LogP contribution in [0.15, 0.2) is 85.2 Å². The second-order valence-electron chi connectivity index (χ2n) is 11.3. The van der Waals surface area contributed by atoms with Gasteiger partial charge in [-0.05, 0) is 41.0 Å². The summed E-state index contributed by atoms with van der Waals surface area (Å²) in [4.78, 5) is 35.6. The fourth-order valence-corrected chi connectivity index (χ4v) is 5.98. The van der Waals surface area contributed by atoms with Crippen molar-refractivity contribution in [2.45, 2.75) is 43.3 Å². The zero-order valence-corrected chi connectivity index (χ0v) is 26.7. The smallest absolute Gasteiger partial charge is 0.312 e. The van der Waals surface area contributed by atoms with E-state index >= 15 is 0 Å². The summed E-state index contributed by atoms with van der Waals surface area (Å²) in [6, 6.07) is 24.6. The van der Waals surface area contributed by atoms with E-state index in [-0.39, 0.29) is 36.4 Å². The van der Waals surface area contributed by atoms with E-state index in [2.05, 4.69) is 15.0 Å². The number of hydrogen-bond acceptors (Lipinski definition) is 11. The summed E-state index contributed by atoms with van der Waals surface area (Å²) in [5.74, 6) is -0.668. The lowest BCUT2D eigenvalue weighted by Gasteiger charge is -2.37. The van der Waals surface area contributed by atoms with E-state index < -0.39 is 48.5 Å². The number of rotatable bonds is 13. The number of benzene rings is 3. The molecular weight excluding hydrogens is 637 g/mol. The molecule has 3 atom stereocenters. The molecule has 1 aliphatic rings. The number of carboxylic acids is 1. The van der Waals surface area contributed by atoms with Crippen LogP contribution in [0.25, 0.3) is 11.2 Å². The van der Waals surface area contributed by atoms with E-state index in [1.165, 1.54) is 10.9 Å². The minimum atomic E-state index is -1.20. The van der Waals surface area contributed by atoms with Crippen molar-refractivity contribution in [2.75, 3.05) is 26.6 Å². The number of hydrogen-bond donors (Lipinski definition) is 2. The van der Waals surface area contributed by atoms with Gasteiger partial charge in [-0.3, -0.25) is 14.2 Å². The summed E-state index contributed by atoms with van der Waals surface area (Å²) >= 11 is 0. The monoisotopic (exact) mass is 671 g/mol. The highest BCUT2D eigenvalue weighted by molar-refractivity contribution is 5.81. The molecule has 3 N–H and O–H groups in total. The van der Waals surface area contributed by atoms with Crippen molar-refractivity contribution in [3.8, 4) is 11.5 Å². The van der Waals surface area contributed by atoms with Crippen molar-refractivity contribution >= 4 is 28.9 Å². The number of carbonyl (C=O) groups excluding carboxylic acids is 1. The van der Waals surface area contributed by atoms with Gasteiger partial charge in [0.1, 0.15) is 35.5 Å². The highest BCUT2D eigenvalue weighted by Crippen LogP contribution is 2.43. The molecule has 0 saturated carbocycles. The minimum absolute atomic E-state index is 0.0988. The molecule has 0 bridgehead atoms. The Morgan fingerprint density at radius 3 is 2.14 bits per heavy atom. The van der Waals surface area contributed by atoms with Gasteiger partial charge in [-0.25, -0.2) is 4.98 Å². The molecule has 5 aromatic rings. The number of halogens is 1. The second-order valence-corrected chi connectivity index (χ2v) is 11.3. The van der Waals surface area contributed by atoms with Crippen LogP contribution in [0.4, 0.5) is 10.2 Å². The van der Waals surface area contributed by atoms with Crippen molar-refractivity contribution in [1.82, 2.24) is 19.5 Å². The molecule has 1 unspecified atom stereocenters. The molecule has 13 nitrogen and oxygen atoms in total. The summed E-state index contributed by atoms with van der Waals surface area (Å²) in [7, 11) is 3.17. The number of imidazole rings is 1. The molecule has 1 saturated heterocycles. The van der Waals surface area contributed by atoms with Crippen LogP contribution in [0.3, 0.4) is 0 Å². The Morgan fingerprint density at radius 2 is 1.55 bits per heavy atom. The molecular formula is C35H34FN5O8. The molecule has 6 rings (SSSR count). The van der Waals surface area contributed by atoms with E-state index in [0.29, 0.717) is 11.5 Å². The van der Waals surface area contributed by atoms with E-state index in [9.17, 15) is 14.0 Å². The Hall–Kier alpha value is -5.60. The van der Waals surface area contributed by atoms with Gasteiger partial charge in [0.05, 0.1) is 40.0 Å². The van der Waals surface area contributed by atoms with Gasteiger partial charge in [-0.2, -0.15) is 14.4 Å². The number of aromatic nitrogens is 4. The quantitative estimate of drug-likeness (QED) is 0.101. The molecule has 3 heterocycles. The summed E-state index contributed by atoms with van der Waals surface area (Å²) in [5.41, 5.74) is 7.32. The lowest BCUT2D eigenvalue weighted by atomic mass is 9.80. The van der Waals surface area contributed by atoms with Crippen molar-refractivity contribution < 1.29 is 42.8 Å². The molecule has 3 aromatic carbocycles. The number of fused-ring (bicyclic) bond motifs is 1. The Kier molecular flexibility index (Phi) is 9.69. The zero-order chi connectivity index (χ0) is 34.5. The number of anilines is 1. The van der Waals surface area contributed by atoms with E-state index in [1.807, 2.05) is 78.9 Å². The standard InChI is InChI=1S/C35H34FN5O8/c1-45-24-12-8-22(9-13-24)35(21-6-4-3-5-7-21,23-10-14-25(46-2)15-11-23)47-19-27-26(49-30(44)17-16-29(42)43)18-28(48-27)41-20-38-31-32(37)39-34(36)40-33(31)41/h3-15,20,26-28H,16-19H2,1-2H3,(H,42,43)(H2,37,39,40)/t26?,27-,28-/m1/s1. The average molecular weight is 672 g/mol. The maximum atomic E-state index is 14.2. The molecule has 2 aromatic heterocycles. The Balaban J connectivity index is 1.40. The van der Waals surface area contributed by atoms with Crippen molar-refractivity contribution in [3.63, 3.8) is 0 Å². The van der Waals surface area contributed by atoms with Gasteiger partial charge in [0, 0.05) is 6.42 Å². The Morgan fingerprint density at radius 1 is 0.939 bits per heavy atom. The predicted molar refractivity (Wildman–Crippen MR) is 173 cm³/mol. The molecule has 0 amide bonds. The van der Waals surface area contributed by atoms with Crippen LogP contribution in [0.1, 0.15) is 42.2 Å². The van der Waals surface area contributed by atoms with Gasteiger partial charge in [0.2, 0.25) is 0 Å². The highest BCUT2D eigenvalue weighted by Gasteiger charge is 2.44. The number of nitrogens with zero attached hydrogens (tertiary/aromatic N) is 4. The fourth-order valence-electron chi connectivity index (χ4n) is 5.98. The highest BCUT2D eigenvalue weighted by atomic mass is 19.1. The maximum absolute atomic E-state index is 14.2. The van der Waals surface area contributed by atoms with Gasteiger partial charge in [-0.1, -0.05) is 54.6 Å². The number of carbonyl (C=O) groups is 2. The molecule has 1 aliphatic heterocycles. The third-order valence-electron chi connectivity index (χ3n) is 8.38. The average Bonchev–Trinajstić information content (AvgIpc) is 3.72. The minimum Gasteiger partial charge on any atom is -0.497 e. The van der Waals surface area contributed by atoms with Crippen LogP contribution in [-0.2, 0) is 29.4 Å². The topological polar surface area (TPSA) is 170 Å². The third kappa shape index (κ3) is 6.87. The molecule has 0 aliphatic carbocycles.